The second kappa shape index (κ2) is 8.52. The van der Waals surface area contributed by atoms with Crippen LogP contribution in [0.3, 0.4) is 0 Å². The van der Waals surface area contributed by atoms with Gasteiger partial charge in [0.25, 0.3) is 0 Å². The summed E-state index contributed by atoms with van der Waals surface area (Å²) in [6.07, 6.45) is 0. The van der Waals surface area contributed by atoms with Gasteiger partial charge in [-0.3, -0.25) is 4.79 Å². The van der Waals surface area contributed by atoms with Crippen LogP contribution >= 0.6 is 46.6 Å². The molecular weight excluding hydrogens is 427 g/mol. The Morgan fingerprint density at radius 3 is 2.41 bits per heavy atom. The Hall–Kier alpha value is -1.73. The second-order valence-electron chi connectivity index (χ2n) is 5.75. The van der Waals surface area contributed by atoms with Crippen molar-refractivity contribution in [1.29, 1.82) is 0 Å². The number of hydrogen-bond donors (Lipinski definition) is 1. The minimum absolute atomic E-state index is 0.194. The van der Waals surface area contributed by atoms with E-state index >= 15 is 0 Å². The van der Waals surface area contributed by atoms with Crippen molar-refractivity contribution >= 4 is 58.2 Å². The number of anilines is 1. The fourth-order valence-corrected chi connectivity index (χ4v) is 3.70. The molecule has 0 fully saturated rings. The van der Waals surface area contributed by atoms with Crippen molar-refractivity contribution in [3.8, 4) is 11.4 Å². The number of thioether (sulfide) groups is 1. The zero-order valence-electron chi connectivity index (χ0n) is 14.4. The Bertz CT molecular complexity index is 975. The minimum atomic E-state index is -0.405. The molecule has 0 bridgehead atoms. The summed E-state index contributed by atoms with van der Waals surface area (Å²) >= 11 is 19.2. The van der Waals surface area contributed by atoms with Gasteiger partial charge in [0.05, 0.1) is 16.0 Å². The minimum Gasteiger partial charge on any atom is -0.324 e. The lowest BCUT2D eigenvalue weighted by Crippen LogP contribution is -2.23. The number of carbonyl (C=O) groups is 1. The molecule has 0 aliphatic heterocycles. The third kappa shape index (κ3) is 4.76. The number of carbonyl (C=O) groups excluding carboxylic acids is 1. The molecule has 5 nitrogen and oxygen atoms in total. The first-order valence-corrected chi connectivity index (χ1v) is 9.94. The summed E-state index contributed by atoms with van der Waals surface area (Å²) in [5, 5.41) is 13.0. The van der Waals surface area contributed by atoms with E-state index in [-0.39, 0.29) is 5.91 Å². The fraction of sp³-hybridized carbons (Fsp3) is 0.167. The largest absolute Gasteiger partial charge is 0.324 e. The maximum atomic E-state index is 12.5. The summed E-state index contributed by atoms with van der Waals surface area (Å²) in [7, 11) is 1.85. The van der Waals surface area contributed by atoms with Crippen LogP contribution in [0.25, 0.3) is 11.4 Å². The Kier molecular flexibility index (Phi) is 6.32. The van der Waals surface area contributed by atoms with Crippen molar-refractivity contribution < 1.29 is 4.79 Å². The fourth-order valence-electron chi connectivity index (χ4n) is 2.30. The van der Waals surface area contributed by atoms with Gasteiger partial charge >= 0.3 is 0 Å². The van der Waals surface area contributed by atoms with E-state index in [0.29, 0.717) is 31.7 Å². The number of halogens is 3. The Morgan fingerprint density at radius 2 is 1.74 bits per heavy atom. The van der Waals surface area contributed by atoms with Gasteiger partial charge in [-0.15, -0.1) is 10.2 Å². The maximum absolute atomic E-state index is 12.5. The number of benzene rings is 2. The lowest BCUT2D eigenvalue weighted by atomic mass is 10.2. The molecule has 2 aromatic carbocycles. The van der Waals surface area contributed by atoms with Crippen LogP contribution in [0.2, 0.25) is 15.1 Å². The molecule has 0 aliphatic carbocycles. The van der Waals surface area contributed by atoms with Gasteiger partial charge in [-0.05, 0) is 49.4 Å². The monoisotopic (exact) mass is 440 g/mol. The van der Waals surface area contributed by atoms with E-state index in [1.54, 1.807) is 37.3 Å². The summed E-state index contributed by atoms with van der Waals surface area (Å²) in [5.74, 6) is 0.503. The third-order valence-electron chi connectivity index (χ3n) is 3.78. The molecule has 3 rings (SSSR count). The van der Waals surface area contributed by atoms with Crippen molar-refractivity contribution in [2.75, 3.05) is 5.32 Å². The van der Waals surface area contributed by atoms with Crippen LogP contribution in [0.4, 0.5) is 5.69 Å². The molecular formula is C18H15Cl3N4OS. The molecule has 140 valence electrons. The summed E-state index contributed by atoms with van der Waals surface area (Å²) < 4.78 is 1.84. The van der Waals surface area contributed by atoms with E-state index in [1.165, 1.54) is 11.8 Å². The van der Waals surface area contributed by atoms with Crippen LogP contribution in [0.5, 0.6) is 0 Å². The van der Waals surface area contributed by atoms with Crippen LogP contribution < -0.4 is 5.32 Å². The summed E-state index contributed by atoms with van der Waals surface area (Å²) in [4.78, 5) is 12.5. The van der Waals surface area contributed by atoms with Crippen molar-refractivity contribution in [2.45, 2.75) is 17.3 Å². The molecule has 0 unspecified atom stereocenters. The molecule has 1 aromatic heterocycles. The molecule has 3 aromatic rings. The van der Waals surface area contributed by atoms with Crippen LogP contribution in [0.1, 0.15) is 6.92 Å². The first-order chi connectivity index (χ1) is 12.8. The molecule has 0 saturated carbocycles. The van der Waals surface area contributed by atoms with Crippen molar-refractivity contribution in [2.24, 2.45) is 7.05 Å². The van der Waals surface area contributed by atoms with Crippen LogP contribution in [-0.2, 0) is 11.8 Å². The standard InChI is InChI=1S/C18H15Cl3N4OS/c1-10(17(26)22-15-8-7-13(20)9-14(15)21)27-18-24-23-16(25(18)2)11-3-5-12(19)6-4-11/h3-10H,1-2H3,(H,22,26)/t10-/m1/s1. The normalized spacial score (nSPS) is 12.0. The number of rotatable bonds is 5. The molecule has 1 atom stereocenters. The van der Waals surface area contributed by atoms with Gasteiger partial charge in [-0.25, -0.2) is 0 Å². The average Bonchev–Trinajstić information content (AvgIpc) is 2.98. The highest BCUT2D eigenvalue weighted by atomic mass is 35.5. The maximum Gasteiger partial charge on any atom is 0.237 e. The third-order valence-corrected chi connectivity index (χ3v) is 5.71. The quantitative estimate of drug-likeness (QED) is 0.526. The molecule has 0 aliphatic rings. The van der Waals surface area contributed by atoms with Crippen molar-refractivity contribution in [3.63, 3.8) is 0 Å². The average molecular weight is 442 g/mol. The second-order valence-corrected chi connectivity index (χ2v) is 8.33. The predicted molar refractivity (Wildman–Crippen MR) is 112 cm³/mol. The highest BCUT2D eigenvalue weighted by molar-refractivity contribution is 8.00. The van der Waals surface area contributed by atoms with Gasteiger partial charge in [-0.2, -0.15) is 0 Å². The molecule has 0 saturated heterocycles. The van der Waals surface area contributed by atoms with E-state index in [2.05, 4.69) is 15.5 Å². The zero-order chi connectivity index (χ0) is 19.6. The molecule has 1 heterocycles. The van der Waals surface area contributed by atoms with Gasteiger partial charge < -0.3 is 9.88 Å². The summed E-state index contributed by atoms with van der Waals surface area (Å²) in [6.45, 7) is 1.79. The number of hydrogen-bond acceptors (Lipinski definition) is 4. The van der Waals surface area contributed by atoms with Crippen LogP contribution in [0, 0.1) is 0 Å². The van der Waals surface area contributed by atoms with E-state index in [4.69, 9.17) is 34.8 Å². The number of nitrogens with one attached hydrogen (secondary N) is 1. The molecule has 9 heteroatoms. The van der Waals surface area contributed by atoms with Gasteiger partial charge in [-0.1, -0.05) is 46.6 Å². The number of nitrogens with zero attached hydrogens (tertiary/aromatic N) is 3. The van der Waals surface area contributed by atoms with E-state index < -0.39 is 5.25 Å². The predicted octanol–water partition coefficient (Wildman–Crippen LogP) is 5.56. The smallest absolute Gasteiger partial charge is 0.237 e. The van der Waals surface area contributed by atoms with Gasteiger partial charge in [0.1, 0.15) is 0 Å². The molecule has 0 spiro atoms. The van der Waals surface area contributed by atoms with Crippen LogP contribution in [-0.4, -0.2) is 25.9 Å². The van der Waals surface area contributed by atoms with Crippen molar-refractivity contribution in [3.05, 3.63) is 57.5 Å². The lowest BCUT2D eigenvalue weighted by molar-refractivity contribution is -0.115. The van der Waals surface area contributed by atoms with Gasteiger partial charge in [0.15, 0.2) is 11.0 Å². The molecule has 1 amide bonds. The summed E-state index contributed by atoms with van der Waals surface area (Å²) in [6, 6.07) is 12.3. The topological polar surface area (TPSA) is 59.8 Å². The Balaban J connectivity index is 1.71. The first-order valence-electron chi connectivity index (χ1n) is 7.93. The number of amides is 1. The van der Waals surface area contributed by atoms with Crippen LogP contribution in [0.15, 0.2) is 47.6 Å². The zero-order valence-corrected chi connectivity index (χ0v) is 17.5. The Morgan fingerprint density at radius 1 is 1.07 bits per heavy atom. The van der Waals surface area contributed by atoms with Gasteiger partial charge in [0, 0.05) is 22.7 Å². The number of aromatic nitrogens is 3. The van der Waals surface area contributed by atoms with E-state index in [1.807, 2.05) is 23.7 Å². The van der Waals surface area contributed by atoms with E-state index in [0.717, 1.165) is 5.56 Å². The SMILES string of the molecule is C[C@@H](Sc1nnc(-c2ccc(Cl)cc2)n1C)C(=O)Nc1ccc(Cl)cc1Cl. The molecule has 1 N–H and O–H groups in total. The molecule has 0 radical (unpaired) electrons. The van der Waals surface area contributed by atoms with Crippen molar-refractivity contribution in [1.82, 2.24) is 14.8 Å². The molecule has 27 heavy (non-hydrogen) atoms. The van der Waals surface area contributed by atoms with E-state index in [9.17, 15) is 4.79 Å². The lowest BCUT2D eigenvalue weighted by Gasteiger charge is -2.13. The Labute approximate surface area is 176 Å². The van der Waals surface area contributed by atoms with Gasteiger partial charge in [0.2, 0.25) is 5.91 Å². The first kappa shape index (κ1) is 20.0. The highest BCUT2D eigenvalue weighted by Gasteiger charge is 2.20. The highest BCUT2D eigenvalue weighted by Crippen LogP contribution is 2.29. The summed E-state index contributed by atoms with van der Waals surface area (Å²) in [5.41, 5.74) is 1.41.